The molecular formula is C18H22N4O3S. The number of anilines is 2. The Hall–Kier alpha value is -2.48. The van der Waals surface area contributed by atoms with Crippen molar-refractivity contribution in [2.75, 3.05) is 23.9 Å². The number of hydrogen-bond acceptors (Lipinski definition) is 6. The van der Waals surface area contributed by atoms with Crippen LogP contribution in [0.1, 0.15) is 27.9 Å². The maximum absolute atomic E-state index is 12.5. The Kier molecular flexibility index (Phi) is 4.95. The van der Waals surface area contributed by atoms with Gasteiger partial charge in [-0.05, 0) is 43.5 Å². The van der Waals surface area contributed by atoms with Crippen LogP contribution in [0.3, 0.4) is 0 Å². The molecule has 0 saturated carbocycles. The molecule has 2 aromatic rings. The summed E-state index contributed by atoms with van der Waals surface area (Å²) in [6.45, 7) is 4.07. The molecule has 1 aliphatic rings. The van der Waals surface area contributed by atoms with Crippen molar-refractivity contribution in [3.05, 3.63) is 47.3 Å². The van der Waals surface area contributed by atoms with E-state index in [1.807, 2.05) is 32.0 Å². The first-order valence-corrected chi connectivity index (χ1v) is 10.2. The normalized spacial score (nSPS) is 18.5. The second-order valence-corrected chi connectivity index (χ2v) is 8.92. The van der Waals surface area contributed by atoms with E-state index in [2.05, 4.69) is 15.3 Å². The Bertz CT molecular complexity index is 926. The fourth-order valence-corrected chi connectivity index (χ4v) is 4.68. The summed E-state index contributed by atoms with van der Waals surface area (Å²) in [5.41, 5.74) is 3.58. The van der Waals surface area contributed by atoms with Crippen molar-refractivity contribution in [2.45, 2.75) is 26.3 Å². The molecule has 1 saturated heterocycles. The van der Waals surface area contributed by atoms with Gasteiger partial charge < -0.3 is 10.2 Å². The summed E-state index contributed by atoms with van der Waals surface area (Å²) in [4.78, 5) is 22.4. The summed E-state index contributed by atoms with van der Waals surface area (Å²) in [5, 5.41) is 3.11. The van der Waals surface area contributed by atoms with Crippen LogP contribution >= 0.6 is 0 Å². The average Bonchev–Trinajstić information content (AvgIpc) is 2.97. The predicted molar refractivity (Wildman–Crippen MR) is 100 cm³/mol. The van der Waals surface area contributed by atoms with Crippen LogP contribution in [0.25, 0.3) is 0 Å². The third-order valence-corrected chi connectivity index (χ3v) is 6.49. The molecule has 2 heterocycles. The first-order valence-electron chi connectivity index (χ1n) is 8.39. The molecule has 26 heavy (non-hydrogen) atoms. The molecule has 1 fully saturated rings. The minimum absolute atomic E-state index is 0.0164. The fraction of sp³-hybridized carbons (Fsp3) is 0.389. The average molecular weight is 374 g/mol. The molecule has 1 unspecified atom stereocenters. The molecular weight excluding hydrogens is 352 g/mol. The zero-order chi connectivity index (χ0) is 18.9. The van der Waals surface area contributed by atoms with Gasteiger partial charge in [0.15, 0.2) is 9.84 Å². The Morgan fingerprint density at radius 2 is 1.88 bits per heavy atom. The van der Waals surface area contributed by atoms with Gasteiger partial charge in [0, 0.05) is 31.2 Å². The van der Waals surface area contributed by atoms with Crippen molar-refractivity contribution >= 4 is 27.4 Å². The summed E-state index contributed by atoms with van der Waals surface area (Å²) in [6, 6.07) is 5.67. The van der Waals surface area contributed by atoms with E-state index in [0.29, 0.717) is 17.9 Å². The molecule has 1 aromatic carbocycles. The zero-order valence-corrected chi connectivity index (χ0v) is 15.9. The number of aromatic nitrogens is 2. The molecule has 138 valence electrons. The minimum Gasteiger partial charge on any atom is -0.338 e. The van der Waals surface area contributed by atoms with Gasteiger partial charge in [-0.2, -0.15) is 0 Å². The number of nitrogens with one attached hydrogen (secondary N) is 1. The highest BCUT2D eigenvalue weighted by atomic mass is 32.2. The highest BCUT2D eigenvalue weighted by molar-refractivity contribution is 7.91. The minimum atomic E-state index is -3.04. The summed E-state index contributed by atoms with van der Waals surface area (Å²) in [5.74, 6) is 0.272. The standard InChI is InChI=1S/C18H22N4O3S/c1-12-4-5-15(8-13(12)2)21-18-19-9-14(10-20-18)17(23)22(3)16-6-7-26(24,25)11-16/h4-5,8-10,16H,6-7,11H2,1-3H3,(H,19,20,21). The van der Waals surface area contributed by atoms with Crippen LogP contribution in [0.15, 0.2) is 30.6 Å². The monoisotopic (exact) mass is 374 g/mol. The number of aryl methyl sites for hydroxylation is 2. The second-order valence-electron chi connectivity index (χ2n) is 6.69. The molecule has 0 radical (unpaired) electrons. The Morgan fingerprint density at radius 3 is 2.46 bits per heavy atom. The van der Waals surface area contributed by atoms with Gasteiger partial charge in [0.1, 0.15) is 0 Å². The lowest BCUT2D eigenvalue weighted by atomic mass is 10.1. The number of sulfone groups is 1. The number of rotatable bonds is 4. The molecule has 0 bridgehead atoms. The van der Waals surface area contributed by atoms with Crippen molar-refractivity contribution in [3.63, 3.8) is 0 Å². The van der Waals surface area contributed by atoms with E-state index in [-0.39, 0.29) is 23.5 Å². The summed E-state index contributed by atoms with van der Waals surface area (Å²) < 4.78 is 23.2. The molecule has 7 nitrogen and oxygen atoms in total. The van der Waals surface area contributed by atoms with Crippen LogP contribution in [0.4, 0.5) is 11.6 Å². The van der Waals surface area contributed by atoms with E-state index >= 15 is 0 Å². The van der Waals surface area contributed by atoms with Gasteiger partial charge in [-0.3, -0.25) is 4.79 Å². The summed E-state index contributed by atoms with van der Waals surface area (Å²) in [7, 11) is -1.42. The third-order valence-electron chi connectivity index (χ3n) is 4.74. The van der Waals surface area contributed by atoms with Crippen LogP contribution in [0.2, 0.25) is 0 Å². The molecule has 1 aromatic heterocycles. The van der Waals surface area contributed by atoms with Crippen LogP contribution in [0.5, 0.6) is 0 Å². The predicted octanol–water partition coefficient (Wildman–Crippen LogP) is 2.10. The number of carbonyl (C=O) groups is 1. The molecule has 1 amide bonds. The van der Waals surface area contributed by atoms with Crippen molar-refractivity contribution in [3.8, 4) is 0 Å². The van der Waals surface area contributed by atoms with Crippen LogP contribution < -0.4 is 5.32 Å². The highest BCUT2D eigenvalue weighted by Crippen LogP contribution is 2.19. The lowest BCUT2D eigenvalue weighted by Gasteiger charge is -2.23. The lowest BCUT2D eigenvalue weighted by Crippen LogP contribution is -2.37. The van der Waals surface area contributed by atoms with E-state index in [1.165, 1.54) is 22.9 Å². The SMILES string of the molecule is Cc1ccc(Nc2ncc(C(=O)N(C)C3CCS(=O)(=O)C3)cn2)cc1C. The van der Waals surface area contributed by atoms with Crippen molar-refractivity contribution in [1.82, 2.24) is 14.9 Å². The Balaban J connectivity index is 1.68. The number of amides is 1. The largest absolute Gasteiger partial charge is 0.338 e. The third kappa shape index (κ3) is 4.01. The van der Waals surface area contributed by atoms with Gasteiger partial charge in [-0.1, -0.05) is 6.07 Å². The van der Waals surface area contributed by atoms with E-state index < -0.39 is 9.84 Å². The molecule has 1 N–H and O–H groups in total. The Labute approximate surface area is 153 Å². The van der Waals surface area contributed by atoms with Crippen molar-refractivity contribution in [2.24, 2.45) is 0 Å². The quantitative estimate of drug-likeness (QED) is 0.881. The van der Waals surface area contributed by atoms with Gasteiger partial charge in [0.05, 0.1) is 17.1 Å². The second kappa shape index (κ2) is 7.03. The lowest BCUT2D eigenvalue weighted by molar-refractivity contribution is 0.0747. The molecule has 1 aliphatic heterocycles. The molecule has 1 atom stereocenters. The molecule has 3 rings (SSSR count). The van der Waals surface area contributed by atoms with Gasteiger partial charge in [0.25, 0.3) is 5.91 Å². The smallest absolute Gasteiger partial charge is 0.257 e. The van der Waals surface area contributed by atoms with Crippen LogP contribution in [-0.2, 0) is 9.84 Å². The first kappa shape index (κ1) is 18.3. The van der Waals surface area contributed by atoms with Gasteiger partial charge >= 0.3 is 0 Å². The number of carbonyl (C=O) groups excluding carboxylic acids is 1. The maximum atomic E-state index is 12.5. The van der Waals surface area contributed by atoms with Gasteiger partial charge in [-0.15, -0.1) is 0 Å². The van der Waals surface area contributed by atoms with E-state index in [0.717, 1.165) is 11.3 Å². The highest BCUT2D eigenvalue weighted by Gasteiger charge is 2.33. The van der Waals surface area contributed by atoms with Crippen molar-refractivity contribution < 1.29 is 13.2 Å². The van der Waals surface area contributed by atoms with Crippen LogP contribution in [0, 0.1) is 13.8 Å². The molecule has 8 heteroatoms. The first-order chi connectivity index (χ1) is 12.2. The summed E-state index contributed by atoms with van der Waals surface area (Å²) in [6.07, 6.45) is 3.38. The molecule has 0 aliphatic carbocycles. The van der Waals surface area contributed by atoms with E-state index in [9.17, 15) is 13.2 Å². The van der Waals surface area contributed by atoms with E-state index in [4.69, 9.17) is 0 Å². The fourth-order valence-electron chi connectivity index (χ4n) is 2.90. The zero-order valence-electron chi connectivity index (χ0n) is 15.1. The number of hydrogen-bond donors (Lipinski definition) is 1. The summed E-state index contributed by atoms with van der Waals surface area (Å²) >= 11 is 0. The van der Waals surface area contributed by atoms with Crippen molar-refractivity contribution in [1.29, 1.82) is 0 Å². The molecule has 0 spiro atoms. The maximum Gasteiger partial charge on any atom is 0.257 e. The topological polar surface area (TPSA) is 92.3 Å². The van der Waals surface area contributed by atoms with Gasteiger partial charge in [-0.25, -0.2) is 18.4 Å². The van der Waals surface area contributed by atoms with Gasteiger partial charge in [0.2, 0.25) is 5.95 Å². The van der Waals surface area contributed by atoms with E-state index in [1.54, 1.807) is 7.05 Å². The number of nitrogens with zero attached hydrogens (tertiary/aromatic N) is 3. The number of benzene rings is 1. The Morgan fingerprint density at radius 1 is 1.19 bits per heavy atom. The van der Waals surface area contributed by atoms with Crippen LogP contribution in [-0.4, -0.2) is 53.8 Å².